The maximum Gasteiger partial charge on any atom is 0.0490 e. The number of aromatic nitrogens is 2. The zero-order chi connectivity index (χ0) is 12.8. The van der Waals surface area contributed by atoms with E-state index < -0.39 is 0 Å². The summed E-state index contributed by atoms with van der Waals surface area (Å²) in [6.45, 7) is 1.73. The van der Waals surface area contributed by atoms with Gasteiger partial charge in [0, 0.05) is 31.0 Å². The van der Waals surface area contributed by atoms with Crippen molar-refractivity contribution in [2.45, 2.75) is 12.6 Å². The van der Waals surface area contributed by atoms with Gasteiger partial charge in [-0.1, -0.05) is 30.3 Å². The van der Waals surface area contributed by atoms with E-state index in [1.807, 2.05) is 12.1 Å². The third-order valence-electron chi connectivity index (χ3n) is 3.02. The number of hydrogen-bond acceptors (Lipinski definition) is 3. The predicted molar refractivity (Wildman–Crippen MR) is 73.2 cm³/mol. The van der Waals surface area contributed by atoms with E-state index in [1.54, 1.807) is 6.20 Å². The Morgan fingerprint density at radius 3 is 2.61 bits per heavy atom. The van der Waals surface area contributed by atoms with Crippen LogP contribution in [0.15, 0.2) is 42.6 Å². The van der Waals surface area contributed by atoms with Crippen molar-refractivity contribution in [2.75, 3.05) is 20.6 Å². The Kier molecular flexibility index (Phi) is 4.50. The normalized spacial score (nSPS) is 12.8. The molecule has 0 bridgehead atoms. The van der Waals surface area contributed by atoms with Gasteiger partial charge in [-0.15, -0.1) is 0 Å². The van der Waals surface area contributed by atoms with E-state index in [0.717, 1.165) is 18.8 Å². The van der Waals surface area contributed by atoms with Gasteiger partial charge in [0.15, 0.2) is 0 Å². The highest BCUT2D eigenvalue weighted by molar-refractivity contribution is 5.19. The molecule has 1 aromatic heterocycles. The fourth-order valence-corrected chi connectivity index (χ4v) is 2.00. The van der Waals surface area contributed by atoms with Crippen LogP contribution >= 0.6 is 0 Å². The van der Waals surface area contributed by atoms with Crippen molar-refractivity contribution >= 4 is 0 Å². The molecule has 0 spiro atoms. The van der Waals surface area contributed by atoms with Crippen LogP contribution in [0.2, 0.25) is 0 Å². The summed E-state index contributed by atoms with van der Waals surface area (Å²) < 4.78 is 0. The quantitative estimate of drug-likeness (QED) is 0.814. The molecule has 4 heteroatoms. The maximum atomic E-state index is 3.94. The largest absolute Gasteiger partial charge is 0.309 e. The van der Waals surface area contributed by atoms with Crippen molar-refractivity contribution < 1.29 is 0 Å². The summed E-state index contributed by atoms with van der Waals surface area (Å²) in [5.74, 6) is 0. The van der Waals surface area contributed by atoms with E-state index in [4.69, 9.17) is 0 Å². The van der Waals surface area contributed by atoms with Crippen LogP contribution in [0.4, 0.5) is 0 Å². The third kappa shape index (κ3) is 3.42. The number of benzene rings is 1. The number of aromatic amines is 1. The second kappa shape index (κ2) is 6.33. The second-order valence-corrected chi connectivity index (χ2v) is 4.60. The average Bonchev–Trinajstić information content (AvgIpc) is 2.88. The molecule has 2 aromatic rings. The van der Waals surface area contributed by atoms with E-state index in [9.17, 15) is 0 Å². The van der Waals surface area contributed by atoms with Gasteiger partial charge in [0.2, 0.25) is 0 Å². The number of nitrogens with zero attached hydrogens (tertiary/aromatic N) is 2. The number of hydrogen-bond donors (Lipinski definition) is 2. The summed E-state index contributed by atoms with van der Waals surface area (Å²) in [6, 6.07) is 12.9. The molecule has 0 aliphatic carbocycles. The topological polar surface area (TPSA) is 44.0 Å². The fraction of sp³-hybridized carbons (Fsp3) is 0.357. The minimum absolute atomic E-state index is 0.383. The van der Waals surface area contributed by atoms with Gasteiger partial charge in [-0.2, -0.15) is 5.10 Å². The van der Waals surface area contributed by atoms with Crippen LogP contribution < -0.4 is 5.32 Å². The standard InChI is InChI=1S/C14H20N4/c1-18(2)14(12-6-4-3-5-7-12)11-15-10-13-8-9-16-17-13/h3-9,14-15H,10-11H2,1-2H3,(H,16,17). The summed E-state index contributed by atoms with van der Waals surface area (Å²) in [7, 11) is 4.21. The van der Waals surface area contributed by atoms with Gasteiger partial charge in [0.25, 0.3) is 0 Å². The molecule has 0 saturated carbocycles. The Bertz CT molecular complexity index is 436. The van der Waals surface area contributed by atoms with Crippen molar-refractivity contribution in [1.29, 1.82) is 0 Å². The van der Waals surface area contributed by atoms with Crippen molar-refractivity contribution in [3.8, 4) is 0 Å². The summed E-state index contributed by atoms with van der Waals surface area (Å²) >= 11 is 0. The molecule has 0 amide bonds. The van der Waals surface area contributed by atoms with Crippen LogP contribution in [-0.4, -0.2) is 35.7 Å². The summed E-state index contributed by atoms with van der Waals surface area (Å²) in [5, 5.41) is 10.3. The number of nitrogens with one attached hydrogen (secondary N) is 2. The summed E-state index contributed by atoms with van der Waals surface area (Å²) in [4.78, 5) is 2.23. The molecule has 2 rings (SSSR count). The average molecular weight is 244 g/mol. The van der Waals surface area contributed by atoms with Gasteiger partial charge in [0.05, 0.1) is 0 Å². The Morgan fingerprint density at radius 2 is 2.00 bits per heavy atom. The van der Waals surface area contributed by atoms with Crippen LogP contribution in [0, 0.1) is 0 Å². The van der Waals surface area contributed by atoms with Gasteiger partial charge in [-0.25, -0.2) is 0 Å². The van der Waals surface area contributed by atoms with Crippen LogP contribution in [0.5, 0.6) is 0 Å². The molecule has 1 unspecified atom stereocenters. The van der Waals surface area contributed by atoms with Crippen molar-refractivity contribution in [3.05, 3.63) is 53.9 Å². The number of rotatable bonds is 6. The summed E-state index contributed by atoms with van der Waals surface area (Å²) in [6.07, 6.45) is 1.78. The van der Waals surface area contributed by atoms with Gasteiger partial charge < -0.3 is 10.2 Å². The molecule has 1 atom stereocenters. The lowest BCUT2D eigenvalue weighted by atomic mass is 10.1. The van der Waals surface area contributed by atoms with Crippen LogP contribution in [0.3, 0.4) is 0 Å². The lowest BCUT2D eigenvalue weighted by molar-refractivity contribution is 0.288. The predicted octanol–water partition coefficient (Wildman–Crippen LogP) is 1.80. The van der Waals surface area contributed by atoms with Crippen molar-refractivity contribution in [2.24, 2.45) is 0 Å². The molecule has 2 N–H and O–H groups in total. The smallest absolute Gasteiger partial charge is 0.0490 e. The van der Waals surface area contributed by atoms with E-state index in [0.29, 0.717) is 6.04 Å². The molecule has 1 aromatic carbocycles. The summed E-state index contributed by atoms with van der Waals surface area (Å²) in [5.41, 5.74) is 2.44. The molecule has 4 nitrogen and oxygen atoms in total. The first kappa shape index (κ1) is 12.8. The van der Waals surface area contributed by atoms with Crippen LogP contribution in [0.1, 0.15) is 17.3 Å². The zero-order valence-electron chi connectivity index (χ0n) is 10.9. The molecule has 0 aliphatic rings. The van der Waals surface area contributed by atoms with Gasteiger partial charge in [-0.3, -0.25) is 5.10 Å². The van der Waals surface area contributed by atoms with Crippen molar-refractivity contribution in [1.82, 2.24) is 20.4 Å². The van der Waals surface area contributed by atoms with E-state index in [1.165, 1.54) is 5.56 Å². The minimum Gasteiger partial charge on any atom is -0.309 e. The van der Waals surface area contributed by atoms with Gasteiger partial charge in [0.1, 0.15) is 0 Å². The van der Waals surface area contributed by atoms with E-state index in [2.05, 4.69) is 58.8 Å². The molecule has 0 saturated heterocycles. The molecule has 0 aliphatic heterocycles. The Labute approximate surface area is 108 Å². The monoisotopic (exact) mass is 244 g/mol. The highest BCUT2D eigenvalue weighted by Gasteiger charge is 2.12. The van der Waals surface area contributed by atoms with Gasteiger partial charge in [-0.05, 0) is 25.7 Å². The number of H-pyrrole nitrogens is 1. The molecule has 96 valence electrons. The van der Waals surface area contributed by atoms with E-state index >= 15 is 0 Å². The first-order valence-electron chi connectivity index (χ1n) is 6.17. The van der Waals surface area contributed by atoms with Gasteiger partial charge >= 0.3 is 0 Å². The zero-order valence-corrected chi connectivity index (χ0v) is 10.9. The molecule has 0 fully saturated rings. The highest BCUT2D eigenvalue weighted by Crippen LogP contribution is 2.16. The highest BCUT2D eigenvalue weighted by atomic mass is 15.1. The molecule has 0 radical (unpaired) electrons. The first-order chi connectivity index (χ1) is 8.77. The minimum atomic E-state index is 0.383. The molecule has 1 heterocycles. The third-order valence-corrected chi connectivity index (χ3v) is 3.02. The molecule has 18 heavy (non-hydrogen) atoms. The van der Waals surface area contributed by atoms with Crippen molar-refractivity contribution in [3.63, 3.8) is 0 Å². The molecular weight excluding hydrogens is 224 g/mol. The number of likely N-dealkylation sites (N-methyl/N-ethyl adjacent to an activating group) is 1. The maximum absolute atomic E-state index is 3.94. The lowest BCUT2D eigenvalue weighted by Crippen LogP contribution is -2.30. The molecular formula is C14H20N4. The van der Waals surface area contributed by atoms with E-state index in [-0.39, 0.29) is 0 Å². The fourth-order valence-electron chi connectivity index (χ4n) is 2.00. The van der Waals surface area contributed by atoms with Crippen LogP contribution in [-0.2, 0) is 6.54 Å². The second-order valence-electron chi connectivity index (χ2n) is 4.60. The Balaban J connectivity index is 1.91. The Hall–Kier alpha value is -1.65. The Morgan fingerprint density at radius 1 is 1.22 bits per heavy atom. The van der Waals surface area contributed by atoms with Crippen LogP contribution in [0.25, 0.3) is 0 Å². The lowest BCUT2D eigenvalue weighted by Gasteiger charge is -2.25. The first-order valence-corrected chi connectivity index (χ1v) is 6.17. The SMILES string of the molecule is CN(C)C(CNCc1ccn[nH]1)c1ccccc1.